The third-order valence-corrected chi connectivity index (χ3v) is 5.16. The van der Waals surface area contributed by atoms with Gasteiger partial charge in [0, 0.05) is 17.7 Å². The van der Waals surface area contributed by atoms with Crippen molar-refractivity contribution in [3.8, 4) is 0 Å². The van der Waals surface area contributed by atoms with Gasteiger partial charge in [-0.2, -0.15) is 0 Å². The molecule has 0 amide bonds. The molecular formula is C25H21N2O2+. The van der Waals surface area contributed by atoms with Crippen LogP contribution in [0, 0.1) is 10.1 Å². The predicted octanol–water partition coefficient (Wildman–Crippen LogP) is 6.77. The molecule has 142 valence electrons. The van der Waals surface area contributed by atoms with Gasteiger partial charge in [0.05, 0.1) is 4.92 Å². The van der Waals surface area contributed by atoms with Gasteiger partial charge in [-0.15, -0.1) is 0 Å². The molecule has 0 N–H and O–H groups in total. The molecule has 0 spiro atoms. The van der Waals surface area contributed by atoms with E-state index in [1.54, 1.807) is 12.1 Å². The normalized spacial score (nSPS) is 11.2. The molecular weight excluding hydrogens is 360 g/mol. The minimum absolute atomic E-state index is 0.103. The van der Waals surface area contributed by atoms with Crippen molar-refractivity contribution in [3.05, 3.63) is 131 Å². The van der Waals surface area contributed by atoms with E-state index < -0.39 is 0 Å². The molecule has 0 aliphatic heterocycles. The summed E-state index contributed by atoms with van der Waals surface area (Å²) in [6, 6.07) is 37.9. The van der Waals surface area contributed by atoms with Crippen molar-refractivity contribution < 1.29 is 4.92 Å². The predicted molar refractivity (Wildman–Crippen MR) is 117 cm³/mol. The molecule has 4 aromatic carbocycles. The highest BCUT2D eigenvalue weighted by molar-refractivity contribution is 5.71. The van der Waals surface area contributed by atoms with Crippen LogP contribution in [0.2, 0.25) is 0 Å². The maximum absolute atomic E-state index is 11.1. The standard InChI is InChI=1S/C25H21N2O2/c28-26(29)22-18-16-21(17-19-22)20-27(23-10-4-1-5-11-23,24-12-6-2-7-13-24)25-14-8-3-9-15-25/h1-19H,20H2/q+1. The Morgan fingerprint density at radius 2 is 0.966 bits per heavy atom. The lowest BCUT2D eigenvalue weighted by Gasteiger charge is -2.37. The number of non-ortho nitro benzene ring substituents is 1. The SMILES string of the molecule is O=[N+]([O-])c1ccc(C[N+](c2ccccc2)(c2ccccc2)c2ccccc2)cc1. The smallest absolute Gasteiger partial charge is 0.258 e. The first-order valence-corrected chi connectivity index (χ1v) is 9.48. The zero-order chi connectivity index (χ0) is 20.1. The Labute approximate surface area is 170 Å². The lowest BCUT2D eigenvalue weighted by Crippen LogP contribution is -2.38. The van der Waals surface area contributed by atoms with Gasteiger partial charge in [-0.25, -0.2) is 4.48 Å². The van der Waals surface area contributed by atoms with Gasteiger partial charge in [-0.1, -0.05) is 54.6 Å². The van der Waals surface area contributed by atoms with E-state index in [1.807, 2.05) is 66.7 Å². The number of para-hydroxylation sites is 3. The van der Waals surface area contributed by atoms with E-state index in [0.29, 0.717) is 11.0 Å². The maximum atomic E-state index is 11.1. The van der Waals surface area contributed by atoms with Crippen molar-refractivity contribution in [2.24, 2.45) is 0 Å². The van der Waals surface area contributed by atoms with Crippen molar-refractivity contribution in [2.75, 3.05) is 0 Å². The van der Waals surface area contributed by atoms with E-state index in [9.17, 15) is 10.1 Å². The number of hydrogen-bond acceptors (Lipinski definition) is 2. The molecule has 0 aliphatic carbocycles. The second-order valence-electron chi connectivity index (χ2n) is 6.90. The van der Waals surface area contributed by atoms with E-state index in [4.69, 9.17) is 0 Å². The lowest BCUT2D eigenvalue weighted by molar-refractivity contribution is -0.384. The molecule has 0 saturated heterocycles. The molecule has 0 saturated carbocycles. The third-order valence-electron chi connectivity index (χ3n) is 5.16. The summed E-state index contributed by atoms with van der Waals surface area (Å²) >= 11 is 0. The number of nitro groups is 1. The first kappa shape index (κ1) is 18.6. The minimum atomic E-state index is -0.364. The molecule has 0 unspecified atom stereocenters. The molecule has 0 heterocycles. The van der Waals surface area contributed by atoms with Crippen LogP contribution < -0.4 is 4.48 Å². The number of nitro benzene ring substituents is 1. The molecule has 29 heavy (non-hydrogen) atoms. The van der Waals surface area contributed by atoms with Gasteiger partial charge in [0.25, 0.3) is 5.69 Å². The van der Waals surface area contributed by atoms with Crippen LogP contribution in [-0.2, 0) is 6.54 Å². The fraction of sp³-hybridized carbons (Fsp3) is 0.0400. The fourth-order valence-electron chi connectivity index (χ4n) is 3.77. The first-order chi connectivity index (χ1) is 14.2. The van der Waals surface area contributed by atoms with Gasteiger partial charge in [0.2, 0.25) is 0 Å². The number of nitrogens with zero attached hydrogens (tertiary/aromatic N) is 2. The summed E-state index contributed by atoms with van der Waals surface area (Å²) < 4.78 is 0.486. The topological polar surface area (TPSA) is 43.1 Å². The zero-order valence-electron chi connectivity index (χ0n) is 15.9. The summed E-state index contributed by atoms with van der Waals surface area (Å²) in [6.45, 7) is 0.635. The Balaban J connectivity index is 1.93. The molecule has 0 radical (unpaired) electrons. The maximum Gasteiger partial charge on any atom is 0.269 e. The van der Waals surface area contributed by atoms with Crippen LogP contribution in [0.15, 0.2) is 115 Å². The summed E-state index contributed by atoms with van der Waals surface area (Å²) in [7, 11) is 0. The largest absolute Gasteiger partial charge is 0.269 e. The monoisotopic (exact) mass is 381 g/mol. The highest BCUT2D eigenvalue weighted by Gasteiger charge is 2.36. The van der Waals surface area contributed by atoms with Crippen molar-refractivity contribution in [1.82, 2.24) is 4.48 Å². The molecule has 4 nitrogen and oxygen atoms in total. The molecule has 4 heteroatoms. The van der Waals surface area contributed by atoms with Crippen LogP contribution in [0.5, 0.6) is 0 Å². The Morgan fingerprint density at radius 1 is 0.586 bits per heavy atom. The fourth-order valence-corrected chi connectivity index (χ4v) is 3.77. The van der Waals surface area contributed by atoms with Gasteiger partial charge in [0.15, 0.2) is 0 Å². The molecule has 0 atom stereocenters. The summed E-state index contributed by atoms with van der Waals surface area (Å²) in [5.74, 6) is 0. The summed E-state index contributed by atoms with van der Waals surface area (Å²) in [4.78, 5) is 10.7. The molecule has 4 aromatic rings. The molecule has 0 fully saturated rings. The third kappa shape index (κ3) is 3.66. The quantitative estimate of drug-likeness (QED) is 0.210. The van der Waals surface area contributed by atoms with Gasteiger partial charge in [0.1, 0.15) is 23.6 Å². The Kier molecular flexibility index (Phi) is 5.18. The first-order valence-electron chi connectivity index (χ1n) is 9.48. The molecule has 0 aliphatic rings. The van der Waals surface area contributed by atoms with Crippen LogP contribution in [0.3, 0.4) is 0 Å². The van der Waals surface area contributed by atoms with Gasteiger partial charge in [-0.05, 0) is 48.5 Å². The Hall–Kier alpha value is -3.76. The highest BCUT2D eigenvalue weighted by atomic mass is 16.6. The average Bonchev–Trinajstić information content (AvgIpc) is 2.79. The Morgan fingerprint density at radius 3 is 1.31 bits per heavy atom. The van der Waals surface area contributed by atoms with Gasteiger partial charge < -0.3 is 0 Å². The second kappa shape index (κ2) is 8.09. The second-order valence-corrected chi connectivity index (χ2v) is 6.90. The Bertz CT molecular complexity index is 983. The highest BCUT2D eigenvalue weighted by Crippen LogP contribution is 2.45. The van der Waals surface area contributed by atoms with Crippen molar-refractivity contribution in [2.45, 2.75) is 6.54 Å². The van der Waals surface area contributed by atoms with Crippen LogP contribution >= 0.6 is 0 Å². The lowest BCUT2D eigenvalue weighted by atomic mass is 10.1. The van der Waals surface area contributed by atoms with E-state index >= 15 is 0 Å². The summed E-state index contributed by atoms with van der Waals surface area (Å²) in [6.07, 6.45) is 0. The van der Waals surface area contributed by atoms with Gasteiger partial charge >= 0.3 is 0 Å². The van der Waals surface area contributed by atoms with Crippen molar-refractivity contribution in [1.29, 1.82) is 0 Å². The molecule has 0 aromatic heterocycles. The van der Waals surface area contributed by atoms with Crippen molar-refractivity contribution in [3.63, 3.8) is 0 Å². The minimum Gasteiger partial charge on any atom is -0.258 e. The molecule has 4 rings (SSSR count). The number of hydrogen-bond donors (Lipinski definition) is 0. The van der Waals surface area contributed by atoms with E-state index in [-0.39, 0.29) is 10.6 Å². The van der Waals surface area contributed by atoms with Crippen LogP contribution in [-0.4, -0.2) is 4.92 Å². The van der Waals surface area contributed by atoms with Crippen LogP contribution in [0.25, 0.3) is 0 Å². The van der Waals surface area contributed by atoms with Crippen molar-refractivity contribution >= 4 is 22.7 Å². The zero-order valence-corrected chi connectivity index (χ0v) is 15.9. The average molecular weight is 381 g/mol. The van der Waals surface area contributed by atoms with E-state index in [1.165, 1.54) is 0 Å². The van der Waals surface area contributed by atoms with Crippen LogP contribution in [0.1, 0.15) is 5.56 Å². The van der Waals surface area contributed by atoms with E-state index in [2.05, 4.69) is 36.4 Å². The molecule has 0 bridgehead atoms. The summed E-state index contributed by atoms with van der Waals surface area (Å²) in [5, 5.41) is 11.1. The summed E-state index contributed by atoms with van der Waals surface area (Å²) in [5.41, 5.74) is 4.51. The van der Waals surface area contributed by atoms with Crippen LogP contribution in [0.4, 0.5) is 22.7 Å². The number of quaternary nitrogens is 1. The van der Waals surface area contributed by atoms with E-state index in [0.717, 1.165) is 22.6 Å². The number of rotatable bonds is 6. The van der Waals surface area contributed by atoms with Gasteiger partial charge in [-0.3, -0.25) is 10.1 Å². The number of benzene rings is 4.